The smallest absolute Gasteiger partial charge is 0.335 e. The molecule has 20 heavy (non-hydrogen) atoms. The maximum Gasteiger partial charge on any atom is 2.00 e. The molecule has 0 aromatic heterocycles. The number of benzene rings is 2. The Bertz CT molecular complexity index is 551. The molecule has 98 valence electrons. The molecule has 0 amide bonds. The summed E-state index contributed by atoms with van der Waals surface area (Å²) < 4.78 is 0. The molecule has 0 bridgehead atoms. The van der Waals surface area contributed by atoms with Crippen LogP contribution in [0.3, 0.4) is 0 Å². The van der Waals surface area contributed by atoms with Gasteiger partial charge in [0.15, 0.2) is 0 Å². The van der Waals surface area contributed by atoms with E-state index < -0.39 is 0 Å². The molecule has 0 atom stereocenters. The van der Waals surface area contributed by atoms with Crippen LogP contribution in [0.1, 0.15) is 36.1 Å². The second-order valence-corrected chi connectivity index (χ2v) is 4.48. The monoisotopic (exact) mass is 484 g/mol. The molecular weight excluding hydrogens is 466 g/mol. The standard InChI is InChI=1S/C16H11.C3H7.U/c1-2-6-14-11-12-16-8-4-3-7-15(16)10-9-13(14)5-1;1-3-2;/h1-9H,10H2;3H,1-2H3;/q2*-1;+2. The maximum atomic E-state index is 3.25. The van der Waals surface area contributed by atoms with Gasteiger partial charge in [0.1, 0.15) is 0 Å². The normalized spacial score (nSPS) is 10.5. The molecule has 1 aliphatic carbocycles. The van der Waals surface area contributed by atoms with Gasteiger partial charge in [-0.25, -0.2) is 0 Å². The van der Waals surface area contributed by atoms with Gasteiger partial charge in [0.25, 0.3) is 0 Å². The third kappa shape index (κ3) is 4.49. The minimum atomic E-state index is 0. The second-order valence-electron chi connectivity index (χ2n) is 4.48. The van der Waals surface area contributed by atoms with Crippen molar-refractivity contribution in [2.45, 2.75) is 20.3 Å². The number of hydrogen-bond acceptors (Lipinski definition) is 0. The van der Waals surface area contributed by atoms with E-state index >= 15 is 0 Å². The van der Waals surface area contributed by atoms with Crippen LogP contribution in [0.25, 0.3) is 0 Å². The summed E-state index contributed by atoms with van der Waals surface area (Å²) in [5.41, 5.74) is 4.82. The van der Waals surface area contributed by atoms with E-state index in [0.29, 0.717) is 0 Å². The topological polar surface area (TPSA) is 0 Å². The second kappa shape index (κ2) is 8.97. The Morgan fingerprint density at radius 3 is 2.20 bits per heavy atom. The molecule has 0 aliphatic heterocycles. The van der Waals surface area contributed by atoms with Crippen LogP contribution in [-0.4, -0.2) is 0 Å². The van der Waals surface area contributed by atoms with Crippen LogP contribution in [0.2, 0.25) is 0 Å². The third-order valence-corrected chi connectivity index (χ3v) is 2.85. The molecule has 0 saturated heterocycles. The first-order valence-corrected chi connectivity index (χ1v) is 6.61. The molecule has 0 radical (unpaired) electrons. The Morgan fingerprint density at radius 1 is 0.900 bits per heavy atom. The van der Waals surface area contributed by atoms with Gasteiger partial charge in [-0.3, -0.25) is 0 Å². The van der Waals surface area contributed by atoms with Crippen LogP contribution in [0.15, 0.2) is 48.5 Å². The van der Waals surface area contributed by atoms with Gasteiger partial charge in [0.2, 0.25) is 0 Å². The SMILES string of the molecule is C1#Cc2ccccc2C[CH-]c2ccccc21.C[CH-]C.[U+2]. The van der Waals surface area contributed by atoms with Crippen LogP contribution in [0.4, 0.5) is 0 Å². The molecule has 0 unspecified atom stereocenters. The molecule has 1 aliphatic rings. The molecule has 3 rings (SSSR count). The van der Waals surface area contributed by atoms with Crippen molar-refractivity contribution in [3.8, 4) is 11.8 Å². The van der Waals surface area contributed by atoms with Crippen molar-refractivity contribution < 1.29 is 31.1 Å². The molecule has 0 spiro atoms. The fourth-order valence-electron chi connectivity index (χ4n) is 1.96. The third-order valence-electron chi connectivity index (χ3n) is 2.85. The molecule has 0 N–H and O–H groups in total. The van der Waals surface area contributed by atoms with Crippen LogP contribution in [-0.2, 0) is 6.42 Å². The summed E-state index contributed by atoms with van der Waals surface area (Å²) in [4.78, 5) is 0. The summed E-state index contributed by atoms with van der Waals surface area (Å²) in [5.74, 6) is 6.49. The zero-order chi connectivity index (χ0) is 13.5. The number of rotatable bonds is 0. The Morgan fingerprint density at radius 2 is 1.45 bits per heavy atom. The van der Waals surface area contributed by atoms with Crippen molar-refractivity contribution in [2.24, 2.45) is 0 Å². The first-order valence-electron chi connectivity index (χ1n) is 6.61. The molecular formula is C19H18U. The zero-order valence-corrected chi connectivity index (χ0v) is 16.1. The van der Waals surface area contributed by atoms with Crippen LogP contribution in [0, 0.1) is 55.8 Å². The van der Waals surface area contributed by atoms with Gasteiger partial charge < -0.3 is 6.42 Å². The predicted molar refractivity (Wildman–Crippen MR) is 81.6 cm³/mol. The first kappa shape index (κ1) is 17.0. The minimum absolute atomic E-state index is 0. The maximum absolute atomic E-state index is 3.25. The van der Waals surface area contributed by atoms with E-state index in [-0.39, 0.29) is 31.1 Å². The molecule has 0 fully saturated rings. The minimum Gasteiger partial charge on any atom is -0.335 e. The Labute approximate surface area is 146 Å². The quantitative estimate of drug-likeness (QED) is 0.384. The summed E-state index contributed by atoms with van der Waals surface area (Å²) >= 11 is 0. The average Bonchev–Trinajstić information content (AvgIpc) is 2.42. The zero-order valence-electron chi connectivity index (χ0n) is 12.0. The molecule has 0 heterocycles. The van der Waals surface area contributed by atoms with Gasteiger partial charge in [0.05, 0.1) is 0 Å². The largest absolute Gasteiger partial charge is 2.00 e. The molecule has 0 nitrogen and oxygen atoms in total. The molecule has 2 aromatic rings. The molecule has 0 saturated carbocycles. The van der Waals surface area contributed by atoms with Crippen LogP contribution < -0.4 is 0 Å². The van der Waals surface area contributed by atoms with Crippen LogP contribution >= 0.6 is 0 Å². The van der Waals surface area contributed by atoms with Crippen molar-refractivity contribution in [1.29, 1.82) is 0 Å². The van der Waals surface area contributed by atoms with E-state index in [9.17, 15) is 0 Å². The number of hydrogen-bond donors (Lipinski definition) is 0. The van der Waals surface area contributed by atoms with E-state index in [4.69, 9.17) is 0 Å². The summed E-state index contributed by atoms with van der Waals surface area (Å²) in [6.45, 7) is 4.00. The predicted octanol–water partition coefficient (Wildman–Crippen LogP) is 4.43. The first-order chi connectivity index (χ1) is 9.35. The fourth-order valence-corrected chi connectivity index (χ4v) is 1.96. The van der Waals surface area contributed by atoms with E-state index in [1.807, 2.05) is 32.4 Å². The van der Waals surface area contributed by atoms with Gasteiger partial charge in [-0.2, -0.15) is 31.9 Å². The summed E-state index contributed by atoms with van der Waals surface area (Å²) in [7, 11) is 0. The van der Waals surface area contributed by atoms with E-state index in [1.54, 1.807) is 0 Å². The fraction of sp³-hybridized carbons (Fsp3) is 0.158. The van der Waals surface area contributed by atoms with Crippen molar-refractivity contribution >= 4 is 0 Å². The van der Waals surface area contributed by atoms with E-state index in [1.165, 1.54) is 11.1 Å². The van der Waals surface area contributed by atoms with Crippen molar-refractivity contribution in [2.75, 3.05) is 0 Å². The van der Waals surface area contributed by atoms with Crippen molar-refractivity contribution in [1.82, 2.24) is 0 Å². The van der Waals surface area contributed by atoms with Gasteiger partial charge in [0, 0.05) is 5.56 Å². The van der Waals surface area contributed by atoms with Crippen molar-refractivity contribution in [3.63, 3.8) is 0 Å². The van der Waals surface area contributed by atoms with E-state index in [0.717, 1.165) is 17.5 Å². The summed E-state index contributed by atoms with van der Waals surface area (Å²) in [6.07, 6.45) is 5.21. The van der Waals surface area contributed by atoms with Gasteiger partial charge in [-0.05, 0) is 11.6 Å². The van der Waals surface area contributed by atoms with Crippen LogP contribution in [0.5, 0.6) is 0 Å². The van der Waals surface area contributed by atoms with Gasteiger partial charge >= 0.3 is 31.1 Å². The Balaban J connectivity index is 0.000000462. The van der Waals surface area contributed by atoms with E-state index in [2.05, 4.69) is 54.7 Å². The molecule has 1 heteroatoms. The average molecular weight is 484 g/mol. The Kier molecular flexibility index (Phi) is 7.61. The van der Waals surface area contributed by atoms with Gasteiger partial charge in [-0.1, -0.05) is 42.2 Å². The Hall–Kier alpha value is -1.08. The van der Waals surface area contributed by atoms with Gasteiger partial charge in [-0.15, -0.1) is 18.1 Å². The summed E-state index contributed by atoms with van der Waals surface area (Å²) in [5, 5.41) is 0. The summed E-state index contributed by atoms with van der Waals surface area (Å²) in [6, 6.07) is 16.6. The number of fused-ring (bicyclic) bond motifs is 2. The molecule has 2 aromatic carbocycles. The van der Waals surface area contributed by atoms with Crippen molar-refractivity contribution in [3.05, 3.63) is 83.6 Å².